The Kier molecular flexibility index (Phi) is 21.8. The van der Waals surface area contributed by atoms with Crippen molar-refractivity contribution in [3.63, 3.8) is 0 Å². The molecule has 0 aliphatic carbocycles. The number of carboxylic acids is 2. The summed E-state index contributed by atoms with van der Waals surface area (Å²) in [6.07, 6.45) is -1.58. The molecule has 1 aliphatic heterocycles. The zero-order valence-electron chi connectivity index (χ0n) is 37.7. The van der Waals surface area contributed by atoms with Crippen LogP contribution in [-0.4, -0.2) is 152 Å². The molecule has 1 saturated heterocycles. The molecule has 13 N–H and O–H groups in total. The van der Waals surface area contributed by atoms with Crippen LogP contribution in [0, 0.1) is 11.8 Å². The van der Waals surface area contributed by atoms with Crippen LogP contribution in [0.5, 0.6) is 5.75 Å². The number of nitrogens with two attached hydrogens (primary N) is 1. The lowest BCUT2D eigenvalue weighted by Gasteiger charge is -2.30. The maximum atomic E-state index is 14.0. The zero-order chi connectivity index (χ0) is 49.3. The molecule has 1 aliphatic rings. The van der Waals surface area contributed by atoms with Gasteiger partial charge in [0.25, 0.3) is 0 Å². The van der Waals surface area contributed by atoms with E-state index in [1.807, 2.05) is 0 Å². The lowest BCUT2D eigenvalue weighted by molar-refractivity contribution is -0.143. The van der Waals surface area contributed by atoms with Crippen LogP contribution >= 0.6 is 0 Å². The highest BCUT2D eigenvalue weighted by atomic mass is 16.4. The summed E-state index contributed by atoms with van der Waals surface area (Å²) in [6, 6.07) is -4.15. The minimum absolute atomic E-state index is 0.0302. The van der Waals surface area contributed by atoms with E-state index in [1.165, 1.54) is 37.8 Å². The number of carbonyl (C=O) groups excluding carboxylic acids is 8. The van der Waals surface area contributed by atoms with Crippen LogP contribution in [0.1, 0.15) is 86.1 Å². The molecule has 362 valence electrons. The van der Waals surface area contributed by atoms with Gasteiger partial charge in [-0.15, -0.1) is 0 Å². The number of likely N-dealkylation sites (tertiary alicyclic amines) is 1. The maximum absolute atomic E-state index is 14.0. The van der Waals surface area contributed by atoms with E-state index in [0.29, 0.717) is 12.0 Å². The van der Waals surface area contributed by atoms with Crippen molar-refractivity contribution in [2.45, 2.75) is 141 Å². The first-order chi connectivity index (χ1) is 30.3. The average Bonchev–Trinajstić information content (AvgIpc) is 3.72. The number of aromatic hydroxyl groups is 1. The molecule has 1 aromatic rings. The lowest BCUT2D eigenvalue weighted by atomic mass is 10.0. The highest BCUT2D eigenvalue weighted by Gasteiger charge is 2.39. The van der Waals surface area contributed by atoms with E-state index in [2.05, 4.69) is 37.2 Å². The number of phenolic OH excluding ortho intramolecular Hbond substituents is 1. The van der Waals surface area contributed by atoms with Crippen molar-refractivity contribution in [1.82, 2.24) is 42.1 Å². The molecule has 0 saturated carbocycles. The molecule has 0 spiro atoms. The predicted molar refractivity (Wildman–Crippen MR) is 231 cm³/mol. The Balaban J connectivity index is 2.08. The molecule has 8 amide bonds. The number of phenols is 1. The summed E-state index contributed by atoms with van der Waals surface area (Å²) in [5.74, 6) is -9.72. The third-order valence-electron chi connectivity index (χ3n) is 10.4. The standard InChI is InChI=1S/C42H65N9O14/c1-20(2)17-29(48-36(58)27(43)18-25-10-12-26(53)13-11-25)37(59)47-28(14-15-32(55)56)41(63)51-16-8-9-30(51)38(60)44-19-31(54)45-22(5)35(57)49-33(21(3)4)39(61)50-34(24(7)52)40(62)46-23(6)42(64)65/h10-13,20-24,27-30,33-34,52-53H,8-9,14-19,43H2,1-7H3,(H,44,60)(H,45,54)(H,46,62)(H,47,59)(H,48,58)(H,49,57)(H,50,61)(H,55,56)(H,64,65). The van der Waals surface area contributed by atoms with Gasteiger partial charge in [0.15, 0.2) is 0 Å². The molecule has 9 atom stereocenters. The molecule has 9 unspecified atom stereocenters. The molecular formula is C42H65N9O14. The van der Waals surface area contributed by atoms with Gasteiger partial charge in [0.1, 0.15) is 48.0 Å². The van der Waals surface area contributed by atoms with E-state index in [0.717, 1.165) is 0 Å². The SMILES string of the molecule is CC(C)CC(NC(=O)C(N)Cc1ccc(O)cc1)C(=O)NC(CCC(=O)O)C(=O)N1CCCC1C(=O)NCC(=O)NC(C)C(=O)NC(C(=O)NC(C(=O)NC(C)C(=O)O)C(C)O)C(C)C. The molecule has 0 radical (unpaired) electrons. The van der Waals surface area contributed by atoms with Crippen molar-refractivity contribution in [2.75, 3.05) is 13.1 Å². The van der Waals surface area contributed by atoms with Gasteiger partial charge in [0.05, 0.1) is 18.7 Å². The summed E-state index contributed by atoms with van der Waals surface area (Å²) in [5.41, 5.74) is 6.79. The number of rotatable bonds is 25. The molecule has 1 aromatic carbocycles. The molecule has 0 aromatic heterocycles. The number of hydrogen-bond acceptors (Lipinski definition) is 13. The van der Waals surface area contributed by atoms with Gasteiger partial charge in [0.2, 0.25) is 47.3 Å². The first kappa shape index (κ1) is 54.8. The molecule has 0 bridgehead atoms. The van der Waals surface area contributed by atoms with Gasteiger partial charge in [0, 0.05) is 13.0 Å². The van der Waals surface area contributed by atoms with Gasteiger partial charge in [-0.2, -0.15) is 0 Å². The summed E-state index contributed by atoms with van der Waals surface area (Å²) in [5, 5.41) is 55.2. The lowest BCUT2D eigenvalue weighted by Crippen LogP contribution is -2.61. The number of carbonyl (C=O) groups is 10. The van der Waals surface area contributed by atoms with Crippen molar-refractivity contribution in [3.8, 4) is 5.75 Å². The Morgan fingerprint density at radius 1 is 0.723 bits per heavy atom. The highest BCUT2D eigenvalue weighted by molar-refractivity contribution is 5.97. The maximum Gasteiger partial charge on any atom is 0.325 e. The largest absolute Gasteiger partial charge is 0.508 e. The van der Waals surface area contributed by atoms with Gasteiger partial charge < -0.3 is 68.3 Å². The Hall–Kier alpha value is -6.36. The van der Waals surface area contributed by atoms with Crippen molar-refractivity contribution in [1.29, 1.82) is 0 Å². The van der Waals surface area contributed by atoms with Crippen LogP contribution < -0.4 is 43.0 Å². The minimum atomic E-state index is -1.57. The Labute approximate surface area is 376 Å². The molecule has 1 fully saturated rings. The van der Waals surface area contributed by atoms with Crippen LogP contribution in [0.25, 0.3) is 0 Å². The summed E-state index contributed by atoms with van der Waals surface area (Å²) in [4.78, 5) is 130. The molecule has 23 heteroatoms. The normalized spacial score (nSPS) is 17.2. The van der Waals surface area contributed by atoms with E-state index in [1.54, 1.807) is 39.8 Å². The van der Waals surface area contributed by atoms with Crippen LogP contribution in [0.3, 0.4) is 0 Å². The van der Waals surface area contributed by atoms with Gasteiger partial charge in [-0.25, -0.2) is 0 Å². The summed E-state index contributed by atoms with van der Waals surface area (Å²) in [6.45, 7) is 9.87. The topological polar surface area (TPSA) is 365 Å². The Morgan fingerprint density at radius 3 is 1.86 bits per heavy atom. The Morgan fingerprint density at radius 2 is 1.31 bits per heavy atom. The van der Waals surface area contributed by atoms with Gasteiger partial charge in [-0.05, 0) is 82.4 Å². The first-order valence-electron chi connectivity index (χ1n) is 21.4. The van der Waals surface area contributed by atoms with E-state index in [4.69, 9.17) is 10.8 Å². The monoisotopic (exact) mass is 919 g/mol. The number of nitrogens with zero attached hydrogens (tertiary/aromatic N) is 1. The minimum Gasteiger partial charge on any atom is -0.508 e. The predicted octanol–water partition coefficient (Wildman–Crippen LogP) is -2.65. The van der Waals surface area contributed by atoms with Crippen LogP contribution in [0.15, 0.2) is 24.3 Å². The number of benzene rings is 1. The number of carboxylic acid groups (broad SMARTS) is 2. The second-order valence-electron chi connectivity index (χ2n) is 16.9. The molecule has 1 heterocycles. The summed E-state index contributed by atoms with van der Waals surface area (Å²) < 4.78 is 0. The van der Waals surface area contributed by atoms with Gasteiger partial charge in [-0.1, -0.05) is 39.8 Å². The second-order valence-corrected chi connectivity index (χ2v) is 16.9. The fourth-order valence-corrected chi connectivity index (χ4v) is 6.73. The van der Waals surface area contributed by atoms with Crippen LogP contribution in [-0.2, 0) is 54.4 Å². The molecule has 2 rings (SSSR count). The van der Waals surface area contributed by atoms with Gasteiger partial charge in [-0.3, -0.25) is 47.9 Å². The average molecular weight is 920 g/mol. The van der Waals surface area contributed by atoms with Gasteiger partial charge >= 0.3 is 11.9 Å². The number of aliphatic carboxylic acids is 2. The molecule has 65 heavy (non-hydrogen) atoms. The highest BCUT2D eigenvalue weighted by Crippen LogP contribution is 2.20. The Bertz CT molecular complexity index is 1880. The van der Waals surface area contributed by atoms with E-state index < -0.39 is 133 Å². The van der Waals surface area contributed by atoms with E-state index in [-0.39, 0.29) is 43.9 Å². The van der Waals surface area contributed by atoms with Crippen molar-refractivity contribution >= 4 is 59.2 Å². The van der Waals surface area contributed by atoms with E-state index >= 15 is 0 Å². The third kappa shape index (κ3) is 18.0. The molecular weight excluding hydrogens is 855 g/mol. The van der Waals surface area contributed by atoms with Crippen molar-refractivity contribution in [3.05, 3.63) is 29.8 Å². The first-order valence-corrected chi connectivity index (χ1v) is 21.4. The number of amides is 8. The smallest absolute Gasteiger partial charge is 0.325 e. The quantitative estimate of drug-likeness (QED) is 0.0477. The van der Waals surface area contributed by atoms with Crippen molar-refractivity contribution in [2.24, 2.45) is 17.6 Å². The van der Waals surface area contributed by atoms with E-state index in [9.17, 15) is 63.3 Å². The number of aliphatic hydroxyl groups excluding tert-OH is 1. The fraction of sp³-hybridized carbons (Fsp3) is 0.619. The van der Waals surface area contributed by atoms with Crippen molar-refractivity contribution < 1.29 is 68.4 Å². The second kappa shape index (κ2) is 25.8. The molecule has 23 nitrogen and oxygen atoms in total. The van der Waals surface area contributed by atoms with Crippen LogP contribution in [0.4, 0.5) is 0 Å². The number of hydrogen-bond donors (Lipinski definition) is 12. The zero-order valence-corrected chi connectivity index (χ0v) is 37.7. The number of aliphatic hydroxyl groups is 1. The summed E-state index contributed by atoms with van der Waals surface area (Å²) >= 11 is 0. The summed E-state index contributed by atoms with van der Waals surface area (Å²) in [7, 11) is 0. The number of nitrogens with one attached hydrogen (secondary N) is 7. The van der Waals surface area contributed by atoms with Crippen LogP contribution in [0.2, 0.25) is 0 Å². The fourth-order valence-electron chi connectivity index (χ4n) is 6.73. The third-order valence-corrected chi connectivity index (χ3v) is 10.4.